The van der Waals surface area contributed by atoms with E-state index in [4.69, 9.17) is 4.74 Å². The van der Waals surface area contributed by atoms with Gasteiger partial charge in [0.05, 0.1) is 16.8 Å². The molecule has 124 valence electrons. The number of nitrogens with zero attached hydrogens (tertiary/aromatic N) is 2. The Labute approximate surface area is 145 Å². The van der Waals surface area contributed by atoms with Crippen LogP contribution < -0.4 is 4.80 Å². The second-order valence-corrected chi connectivity index (χ2v) is 6.47. The van der Waals surface area contributed by atoms with E-state index in [1.54, 1.807) is 7.11 Å². The smallest absolute Gasteiger partial charge is 0.279 e. The Morgan fingerprint density at radius 3 is 2.62 bits per heavy atom. The summed E-state index contributed by atoms with van der Waals surface area (Å²) in [4.78, 5) is 17.6. The number of amides is 1. The molecule has 3 rings (SSSR count). The van der Waals surface area contributed by atoms with Gasteiger partial charge < -0.3 is 9.30 Å². The molecule has 4 nitrogen and oxygen atoms in total. The number of aryl methyl sites for hydroxylation is 1. The SMILES string of the molecule is CCc1ccc(C(=O)N=c2sc3ccccc3n2CCOC)cc1. The number of fused-ring (bicyclic) bond motifs is 1. The van der Waals surface area contributed by atoms with Crippen molar-refractivity contribution < 1.29 is 9.53 Å². The quantitative estimate of drug-likeness (QED) is 0.711. The molecule has 0 saturated heterocycles. The number of para-hydroxylation sites is 1. The maximum absolute atomic E-state index is 12.5. The summed E-state index contributed by atoms with van der Waals surface area (Å²) >= 11 is 1.52. The molecule has 0 spiro atoms. The molecular weight excluding hydrogens is 320 g/mol. The third kappa shape index (κ3) is 3.47. The summed E-state index contributed by atoms with van der Waals surface area (Å²) in [6.45, 7) is 3.34. The predicted octanol–water partition coefficient (Wildman–Crippen LogP) is 3.65. The minimum atomic E-state index is -0.213. The highest BCUT2D eigenvalue weighted by Gasteiger charge is 2.09. The molecule has 0 unspecified atom stereocenters. The fourth-order valence-electron chi connectivity index (χ4n) is 2.54. The van der Waals surface area contributed by atoms with Crippen LogP contribution >= 0.6 is 11.3 Å². The summed E-state index contributed by atoms with van der Waals surface area (Å²) in [6, 6.07) is 15.7. The van der Waals surface area contributed by atoms with Gasteiger partial charge in [0.25, 0.3) is 5.91 Å². The number of carbonyl (C=O) groups is 1. The van der Waals surface area contributed by atoms with Gasteiger partial charge in [-0.2, -0.15) is 4.99 Å². The van der Waals surface area contributed by atoms with Gasteiger partial charge in [0, 0.05) is 19.2 Å². The molecule has 0 saturated carbocycles. The summed E-state index contributed by atoms with van der Waals surface area (Å²) < 4.78 is 8.35. The molecule has 2 aromatic carbocycles. The number of aromatic nitrogens is 1. The third-order valence-electron chi connectivity index (χ3n) is 3.91. The van der Waals surface area contributed by atoms with Crippen molar-refractivity contribution in [2.45, 2.75) is 19.9 Å². The van der Waals surface area contributed by atoms with Crippen LogP contribution in [0.5, 0.6) is 0 Å². The first-order chi connectivity index (χ1) is 11.7. The van der Waals surface area contributed by atoms with Crippen LogP contribution in [-0.4, -0.2) is 24.2 Å². The monoisotopic (exact) mass is 340 g/mol. The Morgan fingerprint density at radius 1 is 1.17 bits per heavy atom. The second-order valence-electron chi connectivity index (χ2n) is 5.46. The Bertz CT molecular complexity index is 907. The Morgan fingerprint density at radius 2 is 1.92 bits per heavy atom. The molecule has 1 aromatic heterocycles. The third-order valence-corrected chi connectivity index (χ3v) is 4.97. The number of ether oxygens (including phenoxy) is 1. The average Bonchev–Trinajstić information content (AvgIpc) is 2.97. The number of rotatable bonds is 5. The zero-order valence-electron chi connectivity index (χ0n) is 13.9. The van der Waals surface area contributed by atoms with Crippen LogP contribution in [0.15, 0.2) is 53.5 Å². The number of methoxy groups -OCH3 is 1. The molecule has 0 N–H and O–H groups in total. The molecule has 1 amide bonds. The molecule has 3 aromatic rings. The van der Waals surface area contributed by atoms with E-state index in [1.165, 1.54) is 16.9 Å². The maximum atomic E-state index is 12.5. The van der Waals surface area contributed by atoms with Gasteiger partial charge in [-0.25, -0.2) is 0 Å². The topological polar surface area (TPSA) is 43.6 Å². The highest BCUT2D eigenvalue weighted by molar-refractivity contribution is 7.16. The average molecular weight is 340 g/mol. The Kier molecular flexibility index (Phi) is 5.23. The van der Waals surface area contributed by atoms with E-state index < -0.39 is 0 Å². The first-order valence-corrected chi connectivity index (χ1v) is 8.80. The lowest BCUT2D eigenvalue weighted by Gasteiger charge is -2.04. The van der Waals surface area contributed by atoms with Crippen molar-refractivity contribution in [3.63, 3.8) is 0 Å². The van der Waals surface area contributed by atoms with Crippen molar-refractivity contribution in [1.29, 1.82) is 0 Å². The van der Waals surface area contributed by atoms with E-state index in [9.17, 15) is 4.79 Å². The standard InChI is InChI=1S/C19H20N2O2S/c1-3-14-8-10-15(11-9-14)18(22)20-19-21(12-13-23-2)16-6-4-5-7-17(16)24-19/h4-11H,3,12-13H2,1-2H3. The van der Waals surface area contributed by atoms with Crippen molar-refractivity contribution in [3.05, 3.63) is 64.5 Å². The van der Waals surface area contributed by atoms with Crippen LogP contribution in [0.4, 0.5) is 0 Å². The minimum absolute atomic E-state index is 0.213. The van der Waals surface area contributed by atoms with Gasteiger partial charge in [0.2, 0.25) is 0 Å². The van der Waals surface area contributed by atoms with Crippen LogP contribution in [-0.2, 0) is 17.7 Å². The van der Waals surface area contributed by atoms with Crippen LogP contribution in [0, 0.1) is 0 Å². The summed E-state index contributed by atoms with van der Waals surface area (Å²) in [5, 5.41) is 0. The molecule has 0 fully saturated rings. The molecular formula is C19H20N2O2S. The van der Waals surface area contributed by atoms with Gasteiger partial charge in [0.15, 0.2) is 4.80 Å². The lowest BCUT2D eigenvalue weighted by atomic mass is 10.1. The molecule has 0 radical (unpaired) electrons. The Hall–Kier alpha value is -2.24. The molecule has 0 aliphatic rings. The van der Waals surface area contributed by atoms with E-state index in [2.05, 4.69) is 11.9 Å². The highest BCUT2D eigenvalue weighted by atomic mass is 32.1. The van der Waals surface area contributed by atoms with E-state index in [-0.39, 0.29) is 5.91 Å². The highest BCUT2D eigenvalue weighted by Crippen LogP contribution is 2.17. The first kappa shape index (κ1) is 16.6. The number of hydrogen-bond acceptors (Lipinski definition) is 3. The molecule has 0 atom stereocenters. The lowest BCUT2D eigenvalue weighted by molar-refractivity contribution is 0.0997. The summed E-state index contributed by atoms with van der Waals surface area (Å²) in [7, 11) is 1.67. The van der Waals surface area contributed by atoms with Crippen LogP contribution in [0.25, 0.3) is 10.2 Å². The lowest BCUT2D eigenvalue weighted by Crippen LogP contribution is -2.19. The van der Waals surface area contributed by atoms with Crippen molar-refractivity contribution >= 4 is 27.5 Å². The normalized spacial score (nSPS) is 12.0. The largest absolute Gasteiger partial charge is 0.383 e. The van der Waals surface area contributed by atoms with Crippen molar-refractivity contribution in [2.24, 2.45) is 4.99 Å². The van der Waals surface area contributed by atoms with E-state index in [1.807, 2.05) is 53.1 Å². The van der Waals surface area contributed by atoms with Crippen molar-refractivity contribution in [3.8, 4) is 0 Å². The van der Waals surface area contributed by atoms with Gasteiger partial charge >= 0.3 is 0 Å². The molecule has 5 heteroatoms. The predicted molar refractivity (Wildman–Crippen MR) is 97.4 cm³/mol. The van der Waals surface area contributed by atoms with Crippen LogP contribution in [0.2, 0.25) is 0 Å². The van der Waals surface area contributed by atoms with E-state index in [0.717, 1.165) is 16.6 Å². The van der Waals surface area contributed by atoms with Gasteiger partial charge in [-0.1, -0.05) is 42.5 Å². The number of thiazole rings is 1. The van der Waals surface area contributed by atoms with Gasteiger partial charge in [0.1, 0.15) is 0 Å². The van der Waals surface area contributed by atoms with Crippen LogP contribution in [0.1, 0.15) is 22.8 Å². The van der Waals surface area contributed by atoms with Crippen molar-refractivity contribution in [2.75, 3.05) is 13.7 Å². The number of hydrogen-bond donors (Lipinski definition) is 0. The number of carbonyl (C=O) groups excluding carboxylic acids is 1. The molecule has 0 bridgehead atoms. The van der Waals surface area contributed by atoms with E-state index in [0.29, 0.717) is 23.5 Å². The molecule has 0 aliphatic heterocycles. The molecule has 1 heterocycles. The zero-order chi connectivity index (χ0) is 16.9. The fraction of sp³-hybridized carbons (Fsp3) is 0.263. The van der Waals surface area contributed by atoms with Gasteiger partial charge in [-0.05, 0) is 36.2 Å². The van der Waals surface area contributed by atoms with E-state index >= 15 is 0 Å². The molecule has 0 aliphatic carbocycles. The Balaban J connectivity index is 2.02. The van der Waals surface area contributed by atoms with Crippen LogP contribution in [0.3, 0.4) is 0 Å². The number of benzene rings is 2. The molecule has 24 heavy (non-hydrogen) atoms. The first-order valence-electron chi connectivity index (χ1n) is 7.98. The van der Waals surface area contributed by atoms with Crippen molar-refractivity contribution in [1.82, 2.24) is 4.57 Å². The zero-order valence-corrected chi connectivity index (χ0v) is 14.7. The fourth-order valence-corrected chi connectivity index (χ4v) is 3.59. The van der Waals surface area contributed by atoms with Gasteiger partial charge in [-0.3, -0.25) is 4.79 Å². The second kappa shape index (κ2) is 7.55. The summed E-state index contributed by atoms with van der Waals surface area (Å²) in [5.74, 6) is -0.213. The minimum Gasteiger partial charge on any atom is -0.383 e. The van der Waals surface area contributed by atoms with Gasteiger partial charge in [-0.15, -0.1) is 0 Å². The summed E-state index contributed by atoms with van der Waals surface area (Å²) in [6.07, 6.45) is 0.957. The summed E-state index contributed by atoms with van der Waals surface area (Å²) in [5.41, 5.74) is 2.90. The maximum Gasteiger partial charge on any atom is 0.279 e.